The van der Waals surface area contributed by atoms with E-state index in [0.717, 1.165) is 25.4 Å². The van der Waals surface area contributed by atoms with Crippen LogP contribution in [0.3, 0.4) is 0 Å². The van der Waals surface area contributed by atoms with Crippen LogP contribution in [0, 0.1) is 5.92 Å². The van der Waals surface area contributed by atoms with Gasteiger partial charge in [0.15, 0.2) is 0 Å². The van der Waals surface area contributed by atoms with Crippen LogP contribution < -0.4 is 0 Å². The fourth-order valence-corrected chi connectivity index (χ4v) is 4.02. The molecule has 0 saturated carbocycles. The SMILES string of the molecule is CC[C@@H](OC[C@H](O)CN1CCC(Cc2ccccc2)CC1)c1ccccc1. The smallest absolute Gasteiger partial charge is 0.0900 e. The molecular weight excluding hydrogens is 334 g/mol. The first kappa shape index (κ1) is 20.1. The quantitative estimate of drug-likeness (QED) is 0.710. The molecule has 0 unspecified atom stereocenters. The molecule has 0 spiro atoms. The van der Waals surface area contributed by atoms with Gasteiger partial charge in [0.05, 0.1) is 18.8 Å². The fraction of sp³-hybridized carbons (Fsp3) is 0.500. The van der Waals surface area contributed by atoms with Gasteiger partial charge >= 0.3 is 0 Å². The molecular formula is C24H33NO2. The number of likely N-dealkylation sites (tertiary alicyclic amines) is 1. The predicted molar refractivity (Wildman–Crippen MR) is 111 cm³/mol. The van der Waals surface area contributed by atoms with Crippen molar-refractivity contribution in [1.82, 2.24) is 4.90 Å². The van der Waals surface area contributed by atoms with Gasteiger partial charge in [0, 0.05) is 6.54 Å². The van der Waals surface area contributed by atoms with Crippen LogP contribution in [0.15, 0.2) is 60.7 Å². The Morgan fingerprint density at radius 2 is 1.63 bits per heavy atom. The zero-order valence-corrected chi connectivity index (χ0v) is 16.5. The summed E-state index contributed by atoms with van der Waals surface area (Å²) >= 11 is 0. The summed E-state index contributed by atoms with van der Waals surface area (Å²) in [6, 6.07) is 21.1. The number of hydrogen-bond acceptors (Lipinski definition) is 3. The molecule has 146 valence electrons. The van der Waals surface area contributed by atoms with E-state index in [0.29, 0.717) is 13.2 Å². The fourth-order valence-electron chi connectivity index (χ4n) is 4.02. The van der Waals surface area contributed by atoms with Gasteiger partial charge in [-0.15, -0.1) is 0 Å². The Balaban J connectivity index is 1.37. The van der Waals surface area contributed by atoms with E-state index in [2.05, 4.69) is 54.3 Å². The van der Waals surface area contributed by atoms with Crippen molar-refractivity contribution >= 4 is 0 Å². The normalized spacial score (nSPS) is 18.3. The van der Waals surface area contributed by atoms with Gasteiger partial charge in [-0.1, -0.05) is 67.6 Å². The summed E-state index contributed by atoms with van der Waals surface area (Å²) in [6.07, 6.45) is 4.16. The number of hydrogen-bond donors (Lipinski definition) is 1. The van der Waals surface area contributed by atoms with Gasteiger partial charge in [0.2, 0.25) is 0 Å². The Morgan fingerprint density at radius 1 is 1.00 bits per heavy atom. The average Bonchev–Trinajstić information content (AvgIpc) is 2.71. The molecule has 0 amide bonds. The summed E-state index contributed by atoms with van der Waals surface area (Å²) in [7, 11) is 0. The number of ether oxygens (including phenoxy) is 1. The number of aliphatic hydroxyl groups is 1. The van der Waals surface area contributed by atoms with Crippen molar-refractivity contribution in [2.75, 3.05) is 26.2 Å². The molecule has 2 atom stereocenters. The molecule has 3 heteroatoms. The summed E-state index contributed by atoms with van der Waals surface area (Å²) < 4.78 is 6.00. The van der Waals surface area contributed by atoms with Crippen molar-refractivity contribution in [3.05, 3.63) is 71.8 Å². The van der Waals surface area contributed by atoms with Crippen LogP contribution in [0.1, 0.15) is 43.4 Å². The molecule has 1 saturated heterocycles. The minimum absolute atomic E-state index is 0.0671. The molecule has 1 heterocycles. The predicted octanol–water partition coefficient (Wildman–Crippen LogP) is 4.47. The van der Waals surface area contributed by atoms with Crippen LogP contribution in [0.4, 0.5) is 0 Å². The summed E-state index contributed by atoms with van der Waals surface area (Å²) in [5.74, 6) is 0.764. The van der Waals surface area contributed by atoms with Gasteiger partial charge in [0.25, 0.3) is 0 Å². The molecule has 3 rings (SSSR count). The largest absolute Gasteiger partial charge is 0.389 e. The van der Waals surface area contributed by atoms with Gasteiger partial charge in [-0.25, -0.2) is 0 Å². The standard InChI is InChI=1S/C24H33NO2/c1-2-24(22-11-7-4-8-12-22)27-19-23(26)18-25-15-13-21(14-16-25)17-20-9-5-3-6-10-20/h3-12,21,23-24,26H,2,13-19H2,1H3/t23-,24-/m1/s1. The van der Waals surface area contributed by atoms with E-state index in [-0.39, 0.29) is 6.10 Å². The maximum atomic E-state index is 10.4. The molecule has 0 aliphatic carbocycles. The Labute approximate surface area is 164 Å². The summed E-state index contributed by atoms with van der Waals surface area (Å²) in [5.41, 5.74) is 2.63. The van der Waals surface area contributed by atoms with Crippen molar-refractivity contribution in [3.63, 3.8) is 0 Å². The minimum Gasteiger partial charge on any atom is -0.389 e. The van der Waals surface area contributed by atoms with Crippen LogP contribution in [-0.4, -0.2) is 42.4 Å². The van der Waals surface area contributed by atoms with Crippen molar-refractivity contribution < 1.29 is 9.84 Å². The first-order valence-corrected chi connectivity index (χ1v) is 10.4. The second kappa shape index (κ2) is 10.6. The molecule has 1 N–H and O–H groups in total. The van der Waals surface area contributed by atoms with Crippen LogP contribution in [0.25, 0.3) is 0 Å². The highest BCUT2D eigenvalue weighted by Crippen LogP contribution is 2.23. The second-order valence-corrected chi connectivity index (χ2v) is 7.73. The van der Waals surface area contributed by atoms with E-state index in [9.17, 15) is 5.11 Å². The second-order valence-electron chi connectivity index (χ2n) is 7.73. The van der Waals surface area contributed by atoms with E-state index < -0.39 is 6.10 Å². The number of piperidine rings is 1. The lowest BCUT2D eigenvalue weighted by Gasteiger charge is -2.33. The highest BCUT2D eigenvalue weighted by atomic mass is 16.5. The van der Waals surface area contributed by atoms with Gasteiger partial charge in [-0.3, -0.25) is 0 Å². The lowest BCUT2D eigenvalue weighted by atomic mass is 9.90. The van der Waals surface area contributed by atoms with Crippen molar-refractivity contribution in [1.29, 1.82) is 0 Å². The van der Waals surface area contributed by atoms with Crippen LogP contribution in [0.2, 0.25) is 0 Å². The van der Waals surface area contributed by atoms with Crippen molar-refractivity contribution in [2.24, 2.45) is 5.92 Å². The molecule has 2 aromatic rings. The van der Waals surface area contributed by atoms with Gasteiger partial charge in [-0.2, -0.15) is 0 Å². The van der Waals surface area contributed by atoms with E-state index in [1.165, 1.54) is 30.4 Å². The van der Waals surface area contributed by atoms with Crippen LogP contribution in [-0.2, 0) is 11.2 Å². The monoisotopic (exact) mass is 367 g/mol. The third-order valence-corrected chi connectivity index (χ3v) is 5.58. The van der Waals surface area contributed by atoms with Crippen molar-refractivity contribution in [2.45, 2.75) is 44.8 Å². The highest BCUT2D eigenvalue weighted by molar-refractivity contribution is 5.17. The topological polar surface area (TPSA) is 32.7 Å². The molecule has 2 aromatic carbocycles. The zero-order chi connectivity index (χ0) is 18.9. The molecule has 0 bridgehead atoms. The number of nitrogens with zero attached hydrogens (tertiary/aromatic N) is 1. The molecule has 1 fully saturated rings. The van der Waals surface area contributed by atoms with E-state index >= 15 is 0 Å². The molecule has 1 aliphatic heterocycles. The third-order valence-electron chi connectivity index (χ3n) is 5.58. The van der Waals surface area contributed by atoms with Gasteiger partial charge in [0.1, 0.15) is 0 Å². The highest BCUT2D eigenvalue weighted by Gasteiger charge is 2.22. The van der Waals surface area contributed by atoms with E-state index in [1.807, 2.05) is 18.2 Å². The first-order chi connectivity index (χ1) is 13.2. The van der Waals surface area contributed by atoms with Crippen molar-refractivity contribution in [3.8, 4) is 0 Å². The first-order valence-electron chi connectivity index (χ1n) is 10.4. The maximum Gasteiger partial charge on any atom is 0.0900 e. The van der Waals surface area contributed by atoms with E-state index in [1.54, 1.807) is 0 Å². The summed E-state index contributed by atoms with van der Waals surface area (Å²) in [5, 5.41) is 10.4. The zero-order valence-electron chi connectivity index (χ0n) is 16.5. The van der Waals surface area contributed by atoms with Gasteiger partial charge < -0.3 is 14.7 Å². The molecule has 0 radical (unpaired) electrons. The number of benzene rings is 2. The molecule has 1 aliphatic rings. The lowest BCUT2D eigenvalue weighted by molar-refractivity contribution is -0.0266. The summed E-state index contributed by atoms with van der Waals surface area (Å²) in [4.78, 5) is 2.39. The van der Waals surface area contributed by atoms with Gasteiger partial charge in [-0.05, 0) is 55.8 Å². The summed E-state index contributed by atoms with van der Waals surface area (Å²) in [6.45, 7) is 5.39. The minimum atomic E-state index is -0.423. The molecule has 0 aromatic heterocycles. The Hall–Kier alpha value is -1.68. The maximum absolute atomic E-state index is 10.4. The Bertz CT molecular complexity index is 638. The number of rotatable bonds is 9. The average molecular weight is 368 g/mol. The molecule has 3 nitrogen and oxygen atoms in total. The number of β-amino-alcohol motifs (C(OH)–C–C–N with tert-alkyl or cyclic N) is 1. The number of aliphatic hydroxyl groups excluding tert-OH is 1. The van der Waals surface area contributed by atoms with E-state index in [4.69, 9.17) is 4.74 Å². The Morgan fingerprint density at radius 3 is 2.26 bits per heavy atom. The van der Waals surface area contributed by atoms with Crippen LogP contribution >= 0.6 is 0 Å². The Kier molecular flexibility index (Phi) is 7.88. The van der Waals surface area contributed by atoms with Crippen LogP contribution in [0.5, 0.6) is 0 Å². The third kappa shape index (κ3) is 6.46. The lowest BCUT2D eigenvalue weighted by Crippen LogP contribution is -2.40. The molecule has 27 heavy (non-hydrogen) atoms.